The molecule has 2 aliphatic rings. The predicted molar refractivity (Wildman–Crippen MR) is 132 cm³/mol. The van der Waals surface area contributed by atoms with E-state index in [4.69, 9.17) is 23.4 Å². The summed E-state index contributed by atoms with van der Waals surface area (Å²) in [7, 11) is 0. The van der Waals surface area contributed by atoms with E-state index in [9.17, 15) is 45.6 Å². The Hall–Kier alpha value is -3.31. The molecule has 14 nitrogen and oxygen atoms in total. The minimum absolute atomic E-state index is 0.00882. The molecular weight excluding hydrogens is 536 g/mol. The topological polar surface area (TPSA) is 229 Å². The molecule has 2 fully saturated rings. The number of hydrogen-bond donors (Lipinski definition) is 8. The Kier molecular flexibility index (Phi) is 7.71. The van der Waals surface area contributed by atoms with Gasteiger partial charge in [0.15, 0.2) is 17.8 Å². The van der Waals surface area contributed by atoms with Gasteiger partial charge in [0.1, 0.15) is 64.0 Å². The van der Waals surface area contributed by atoms with Crippen molar-refractivity contribution in [3.63, 3.8) is 0 Å². The molecule has 2 aromatic carbocycles. The number of benzene rings is 2. The number of fused-ring (bicyclic) bond motifs is 1. The van der Waals surface area contributed by atoms with Gasteiger partial charge in [-0.1, -0.05) is 0 Å². The smallest absolute Gasteiger partial charge is 0.229 e. The van der Waals surface area contributed by atoms with Gasteiger partial charge in [0.2, 0.25) is 6.29 Å². The van der Waals surface area contributed by atoms with E-state index >= 15 is 0 Å². The van der Waals surface area contributed by atoms with Crippen LogP contribution in [0.25, 0.3) is 22.3 Å². The number of hydrogen-bond acceptors (Lipinski definition) is 14. The summed E-state index contributed by atoms with van der Waals surface area (Å²) >= 11 is 0. The Morgan fingerprint density at radius 3 is 2.35 bits per heavy atom. The molecule has 0 amide bonds. The molecule has 5 rings (SSSR count). The highest BCUT2D eigenvalue weighted by Crippen LogP contribution is 2.35. The van der Waals surface area contributed by atoms with Crippen LogP contribution in [0.1, 0.15) is 0 Å². The lowest BCUT2D eigenvalue weighted by atomic mass is 9.98. The van der Waals surface area contributed by atoms with Crippen LogP contribution in [0.2, 0.25) is 0 Å². The van der Waals surface area contributed by atoms with E-state index in [2.05, 4.69) is 0 Å². The lowest BCUT2D eigenvalue weighted by Gasteiger charge is -2.42. The monoisotopic (exact) mass is 564 g/mol. The Morgan fingerprint density at radius 2 is 1.70 bits per heavy atom. The van der Waals surface area contributed by atoms with E-state index in [0.29, 0.717) is 5.56 Å². The molecule has 3 aromatic rings. The molecule has 8 atom stereocenters. The Balaban J connectivity index is 1.47. The van der Waals surface area contributed by atoms with Crippen molar-refractivity contribution < 1.29 is 64.2 Å². The molecule has 14 heteroatoms. The summed E-state index contributed by atoms with van der Waals surface area (Å²) in [6.07, 6.45) is -11.2. The fourth-order valence-electron chi connectivity index (χ4n) is 4.57. The van der Waals surface area contributed by atoms with E-state index in [-0.39, 0.29) is 28.2 Å². The molecule has 1 aromatic heterocycles. The zero-order valence-corrected chi connectivity index (χ0v) is 20.7. The SMILES string of the molecule is O=c1cc(-c2ccc(O)cc2)oc2cc(O[C@H]3O[C@@H](CO)[C@@H](O)[C@@H](O)[C@H]3O[C@@H]3OC[C@@](O)(CO)[C@H]3O)cc(O)c12. The third-order valence-corrected chi connectivity index (χ3v) is 6.88. The summed E-state index contributed by atoms with van der Waals surface area (Å²) < 4.78 is 28.0. The van der Waals surface area contributed by atoms with Crippen molar-refractivity contribution in [2.24, 2.45) is 0 Å². The van der Waals surface area contributed by atoms with Gasteiger partial charge in [-0.2, -0.15) is 0 Å². The number of ether oxygens (including phenoxy) is 4. The van der Waals surface area contributed by atoms with Crippen LogP contribution in [-0.2, 0) is 14.2 Å². The van der Waals surface area contributed by atoms with Crippen molar-refractivity contribution in [1.82, 2.24) is 0 Å². The van der Waals surface area contributed by atoms with E-state index in [0.717, 1.165) is 6.07 Å². The van der Waals surface area contributed by atoms with Crippen LogP contribution in [0.5, 0.6) is 17.2 Å². The first-order valence-electron chi connectivity index (χ1n) is 12.2. The van der Waals surface area contributed by atoms with Crippen LogP contribution < -0.4 is 10.2 Å². The Morgan fingerprint density at radius 1 is 0.975 bits per heavy atom. The number of aromatic hydroxyl groups is 2. The highest BCUT2D eigenvalue weighted by molar-refractivity contribution is 5.86. The van der Waals surface area contributed by atoms with Crippen LogP contribution in [-0.4, -0.2) is 109 Å². The third kappa shape index (κ3) is 5.12. The second kappa shape index (κ2) is 10.9. The van der Waals surface area contributed by atoms with E-state index < -0.39 is 79.7 Å². The number of aliphatic hydroxyl groups excluding tert-OH is 5. The van der Waals surface area contributed by atoms with Gasteiger partial charge in [0, 0.05) is 23.8 Å². The molecule has 0 spiro atoms. The number of phenolic OH excluding ortho intramolecular Hbond substituents is 2. The maximum atomic E-state index is 12.8. The van der Waals surface area contributed by atoms with Gasteiger partial charge < -0.3 is 64.2 Å². The average Bonchev–Trinajstić information content (AvgIpc) is 3.21. The van der Waals surface area contributed by atoms with Crippen molar-refractivity contribution in [3.8, 4) is 28.6 Å². The fourth-order valence-corrected chi connectivity index (χ4v) is 4.57. The molecule has 0 radical (unpaired) electrons. The van der Waals surface area contributed by atoms with Gasteiger partial charge in [-0.05, 0) is 24.3 Å². The van der Waals surface area contributed by atoms with Gasteiger partial charge in [0.05, 0.1) is 19.8 Å². The standard InChI is InChI=1S/C26H28O14/c27-8-18-20(32)21(33)22(40-25-23(34)26(35,9-28)10-36-25)24(39-18)37-13-5-14(30)19-15(31)7-16(38-17(19)6-13)11-1-3-12(29)4-2-11/h1-7,18,20-25,27-30,32-35H,8-10H2/t18-,20+,21+,22+,23-,24-,25-,26-/m0/s1. The lowest BCUT2D eigenvalue weighted by molar-refractivity contribution is -0.318. The second-order valence-corrected chi connectivity index (χ2v) is 9.65. The highest BCUT2D eigenvalue weighted by Gasteiger charge is 2.53. The van der Waals surface area contributed by atoms with Gasteiger partial charge in [-0.25, -0.2) is 0 Å². The quantitative estimate of drug-likeness (QED) is 0.164. The van der Waals surface area contributed by atoms with Crippen molar-refractivity contribution in [3.05, 3.63) is 52.7 Å². The lowest BCUT2D eigenvalue weighted by Crippen LogP contribution is -2.62. The highest BCUT2D eigenvalue weighted by atomic mass is 16.8. The summed E-state index contributed by atoms with van der Waals surface area (Å²) in [5.41, 5.74) is -2.22. The van der Waals surface area contributed by atoms with E-state index in [1.807, 2.05) is 0 Å². The zero-order valence-electron chi connectivity index (χ0n) is 20.7. The van der Waals surface area contributed by atoms with Crippen LogP contribution >= 0.6 is 0 Å². The van der Waals surface area contributed by atoms with E-state index in [1.54, 1.807) is 0 Å². The van der Waals surface area contributed by atoms with Gasteiger partial charge in [-0.15, -0.1) is 0 Å². The van der Waals surface area contributed by atoms with Crippen molar-refractivity contribution in [2.45, 2.75) is 48.7 Å². The maximum absolute atomic E-state index is 12.8. The minimum atomic E-state index is -2.04. The van der Waals surface area contributed by atoms with Crippen molar-refractivity contribution >= 4 is 11.0 Å². The van der Waals surface area contributed by atoms with Crippen LogP contribution in [0, 0.1) is 0 Å². The Bertz CT molecular complexity index is 1410. The summed E-state index contributed by atoms with van der Waals surface area (Å²) in [4.78, 5) is 12.8. The number of aliphatic hydroxyl groups is 6. The van der Waals surface area contributed by atoms with Crippen LogP contribution in [0.4, 0.5) is 0 Å². The average molecular weight is 564 g/mol. The first-order chi connectivity index (χ1) is 19.0. The summed E-state index contributed by atoms with van der Waals surface area (Å²) in [6, 6.07) is 9.37. The molecule has 40 heavy (non-hydrogen) atoms. The largest absolute Gasteiger partial charge is 0.508 e. The van der Waals surface area contributed by atoms with Crippen molar-refractivity contribution in [1.29, 1.82) is 0 Å². The first-order valence-corrected chi connectivity index (χ1v) is 12.2. The fraction of sp³-hybridized carbons (Fsp3) is 0.423. The van der Waals surface area contributed by atoms with Crippen molar-refractivity contribution in [2.75, 3.05) is 19.8 Å². The molecule has 8 N–H and O–H groups in total. The predicted octanol–water partition coefficient (Wildman–Crippen LogP) is -1.49. The molecule has 0 bridgehead atoms. The summed E-state index contributed by atoms with van der Waals surface area (Å²) in [5, 5.41) is 80.7. The van der Waals surface area contributed by atoms with E-state index in [1.165, 1.54) is 36.4 Å². The van der Waals surface area contributed by atoms with Crippen LogP contribution in [0.15, 0.2) is 51.7 Å². The molecule has 2 saturated heterocycles. The molecule has 0 aliphatic carbocycles. The molecule has 0 saturated carbocycles. The van der Waals surface area contributed by atoms with Crippen LogP contribution in [0.3, 0.4) is 0 Å². The van der Waals surface area contributed by atoms with Gasteiger partial charge in [-0.3, -0.25) is 4.79 Å². The summed E-state index contributed by atoms with van der Waals surface area (Å²) in [6.45, 7) is -2.06. The Labute approximate surface area is 225 Å². The number of rotatable bonds is 7. The molecule has 216 valence electrons. The summed E-state index contributed by atoms with van der Waals surface area (Å²) in [5.74, 6) is -0.496. The second-order valence-electron chi connectivity index (χ2n) is 9.65. The third-order valence-electron chi connectivity index (χ3n) is 6.88. The molecular formula is C26H28O14. The molecule has 0 unspecified atom stereocenters. The molecule has 2 aliphatic heterocycles. The van der Waals surface area contributed by atoms with Gasteiger partial charge >= 0.3 is 0 Å². The maximum Gasteiger partial charge on any atom is 0.229 e. The normalized spacial score (nSPS) is 32.4. The zero-order chi connectivity index (χ0) is 28.8. The first kappa shape index (κ1) is 28.2. The molecule has 3 heterocycles. The minimum Gasteiger partial charge on any atom is -0.508 e. The van der Waals surface area contributed by atoms with Gasteiger partial charge in [0.25, 0.3) is 0 Å². The number of phenols is 2.